The summed E-state index contributed by atoms with van der Waals surface area (Å²) in [7, 11) is 0. The SMILES string of the molecule is CC(NC(=O)c1cc(N([O-])O)cc([N+](=O)[O-])c1)c1ccccc1. The molecule has 1 atom stereocenters. The number of hydrogen-bond donors (Lipinski definition) is 2. The molecule has 0 fully saturated rings. The van der Waals surface area contributed by atoms with Gasteiger partial charge in [-0.15, -0.1) is 0 Å². The highest BCUT2D eigenvalue weighted by atomic mass is 16.8. The molecule has 0 radical (unpaired) electrons. The van der Waals surface area contributed by atoms with E-state index < -0.39 is 27.4 Å². The zero-order valence-electron chi connectivity index (χ0n) is 12.2. The van der Waals surface area contributed by atoms with Gasteiger partial charge < -0.3 is 15.8 Å². The van der Waals surface area contributed by atoms with Crippen molar-refractivity contribution in [1.29, 1.82) is 0 Å². The van der Waals surface area contributed by atoms with Crippen LogP contribution in [-0.4, -0.2) is 16.0 Å². The fourth-order valence-corrected chi connectivity index (χ4v) is 2.05. The molecule has 0 saturated carbocycles. The third-order valence-electron chi connectivity index (χ3n) is 3.24. The molecular formula is C15H14N3O5-. The Balaban J connectivity index is 2.26. The highest BCUT2D eigenvalue weighted by molar-refractivity contribution is 5.96. The lowest BCUT2D eigenvalue weighted by molar-refractivity contribution is -0.384. The van der Waals surface area contributed by atoms with Gasteiger partial charge in [-0.05, 0) is 18.6 Å². The Morgan fingerprint density at radius 2 is 1.91 bits per heavy atom. The van der Waals surface area contributed by atoms with E-state index in [1.54, 1.807) is 6.92 Å². The molecular weight excluding hydrogens is 302 g/mol. The first-order chi connectivity index (χ1) is 10.9. The number of rotatable bonds is 5. The van der Waals surface area contributed by atoms with Crippen LogP contribution < -0.4 is 10.5 Å². The van der Waals surface area contributed by atoms with E-state index in [2.05, 4.69) is 5.32 Å². The molecule has 8 nitrogen and oxygen atoms in total. The topological polar surface area (TPSA) is 119 Å². The van der Waals surface area contributed by atoms with E-state index in [0.29, 0.717) is 0 Å². The zero-order chi connectivity index (χ0) is 17.0. The number of non-ortho nitro benzene ring substituents is 1. The molecule has 0 aromatic heterocycles. The smallest absolute Gasteiger partial charge is 0.272 e. The summed E-state index contributed by atoms with van der Waals surface area (Å²) in [4.78, 5) is 22.4. The van der Waals surface area contributed by atoms with Gasteiger partial charge in [0, 0.05) is 17.7 Å². The van der Waals surface area contributed by atoms with Gasteiger partial charge in [0.15, 0.2) is 0 Å². The Hall–Kier alpha value is -2.97. The molecule has 1 amide bonds. The molecule has 0 aliphatic carbocycles. The average molecular weight is 316 g/mol. The van der Waals surface area contributed by atoms with Crippen LogP contribution in [0.2, 0.25) is 0 Å². The third-order valence-corrected chi connectivity index (χ3v) is 3.24. The molecule has 0 saturated heterocycles. The van der Waals surface area contributed by atoms with Gasteiger partial charge in [-0.2, -0.15) is 0 Å². The summed E-state index contributed by atoms with van der Waals surface area (Å²) >= 11 is 0. The van der Waals surface area contributed by atoms with E-state index in [4.69, 9.17) is 5.21 Å². The molecule has 8 heteroatoms. The Morgan fingerprint density at radius 1 is 1.26 bits per heavy atom. The molecule has 0 aliphatic rings. The van der Waals surface area contributed by atoms with Gasteiger partial charge in [0.05, 0.1) is 16.7 Å². The predicted octanol–water partition coefficient (Wildman–Crippen LogP) is 2.78. The second kappa shape index (κ2) is 6.86. The summed E-state index contributed by atoms with van der Waals surface area (Å²) in [6.07, 6.45) is 0. The number of nitro benzene ring substituents is 1. The lowest BCUT2D eigenvalue weighted by atomic mass is 10.1. The van der Waals surface area contributed by atoms with Gasteiger partial charge >= 0.3 is 0 Å². The van der Waals surface area contributed by atoms with Crippen molar-refractivity contribution in [1.82, 2.24) is 5.32 Å². The maximum Gasteiger partial charge on any atom is 0.272 e. The zero-order valence-corrected chi connectivity index (χ0v) is 12.2. The number of anilines is 1. The summed E-state index contributed by atoms with van der Waals surface area (Å²) in [5.41, 5.74) is -0.0855. The third kappa shape index (κ3) is 4.02. The fraction of sp³-hybridized carbons (Fsp3) is 0.133. The van der Waals surface area contributed by atoms with Gasteiger partial charge in [-0.25, -0.2) is 0 Å². The van der Waals surface area contributed by atoms with Gasteiger partial charge in [0.1, 0.15) is 0 Å². The quantitative estimate of drug-likeness (QED) is 0.646. The largest absolute Gasteiger partial charge is 0.733 e. The molecule has 120 valence electrons. The predicted molar refractivity (Wildman–Crippen MR) is 83.1 cm³/mol. The fourth-order valence-electron chi connectivity index (χ4n) is 2.05. The van der Waals surface area contributed by atoms with Crippen LogP contribution >= 0.6 is 0 Å². The molecule has 2 N–H and O–H groups in total. The number of hydrogen-bond acceptors (Lipinski definition) is 6. The highest BCUT2D eigenvalue weighted by Crippen LogP contribution is 2.23. The molecule has 2 aromatic rings. The maximum atomic E-state index is 12.2. The molecule has 0 bridgehead atoms. The average Bonchev–Trinajstić information content (AvgIpc) is 2.55. The van der Waals surface area contributed by atoms with Gasteiger partial charge in [-0.3, -0.25) is 20.1 Å². The molecule has 0 heterocycles. The van der Waals surface area contributed by atoms with Crippen LogP contribution in [0.5, 0.6) is 0 Å². The Bertz CT molecular complexity index is 718. The van der Waals surface area contributed by atoms with Crippen molar-refractivity contribution < 1.29 is 14.9 Å². The number of nitrogens with zero attached hydrogens (tertiary/aromatic N) is 2. The first-order valence-corrected chi connectivity index (χ1v) is 6.70. The summed E-state index contributed by atoms with van der Waals surface area (Å²) in [5, 5.41) is 32.9. The molecule has 2 aromatic carbocycles. The second-order valence-electron chi connectivity index (χ2n) is 4.87. The van der Waals surface area contributed by atoms with E-state index in [1.807, 2.05) is 30.3 Å². The second-order valence-corrected chi connectivity index (χ2v) is 4.87. The van der Waals surface area contributed by atoms with Gasteiger partial charge in [0.25, 0.3) is 11.6 Å². The minimum absolute atomic E-state index is 0.0909. The lowest BCUT2D eigenvalue weighted by Crippen LogP contribution is -2.27. The van der Waals surface area contributed by atoms with Crippen LogP contribution in [0.3, 0.4) is 0 Å². The van der Waals surface area contributed by atoms with E-state index in [-0.39, 0.29) is 11.6 Å². The summed E-state index contributed by atoms with van der Waals surface area (Å²) in [6.45, 7) is 1.76. The Labute approximate surface area is 131 Å². The number of carbonyl (C=O) groups is 1. The van der Waals surface area contributed by atoms with Crippen LogP contribution in [-0.2, 0) is 0 Å². The van der Waals surface area contributed by atoms with Crippen molar-refractivity contribution in [3.63, 3.8) is 0 Å². The number of nitrogens with one attached hydrogen (secondary N) is 1. The maximum absolute atomic E-state index is 12.2. The Kier molecular flexibility index (Phi) is 4.89. The molecule has 2 rings (SSSR count). The van der Waals surface area contributed by atoms with Crippen LogP contribution in [0.15, 0.2) is 48.5 Å². The highest BCUT2D eigenvalue weighted by Gasteiger charge is 2.17. The van der Waals surface area contributed by atoms with Crippen LogP contribution in [0.1, 0.15) is 28.9 Å². The van der Waals surface area contributed by atoms with Crippen molar-refractivity contribution in [2.45, 2.75) is 13.0 Å². The number of benzene rings is 2. The standard InChI is InChI=1S/C15H14N3O5/c1-10(11-5-3-2-4-6-11)16-15(19)12-7-13(17(20)21)9-14(8-12)18(22)23/h2-10,20H,1H3,(H,16,19)/q-1. The minimum Gasteiger partial charge on any atom is -0.733 e. The van der Waals surface area contributed by atoms with Gasteiger partial charge in [-0.1, -0.05) is 30.3 Å². The minimum atomic E-state index is -0.746. The van der Waals surface area contributed by atoms with Crippen molar-refractivity contribution in [2.24, 2.45) is 0 Å². The van der Waals surface area contributed by atoms with Crippen LogP contribution in [0.4, 0.5) is 11.4 Å². The number of carbonyl (C=O) groups excluding carboxylic acids is 1. The molecule has 0 spiro atoms. The van der Waals surface area contributed by atoms with Crippen molar-refractivity contribution in [3.05, 3.63) is 75.0 Å². The first kappa shape index (κ1) is 16.4. The van der Waals surface area contributed by atoms with E-state index in [0.717, 1.165) is 23.8 Å². The monoisotopic (exact) mass is 316 g/mol. The van der Waals surface area contributed by atoms with Crippen molar-refractivity contribution >= 4 is 17.3 Å². The van der Waals surface area contributed by atoms with Gasteiger partial charge in [0.2, 0.25) is 0 Å². The molecule has 1 unspecified atom stereocenters. The summed E-state index contributed by atoms with van der Waals surface area (Å²) < 4.78 is 0. The number of nitro groups is 1. The summed E-state index contributed by atoms with van der Waals surface area (Å²) in [5.74, 6) is -0.590. The van der Waals surface area contributed by atoms with Crippen molar-refractivity contribution in [3.8, 4) is 0 Å². The summed E-state index contributed by atoms with van der Waals surface area (Å²) in [6, 6.07) is 11.8. The Morgan fingerprint density at radius 3 is 2.48 bits per heavy atom. The van der Waals surface area contributed by atoms with E-state index >= 15 is 0 Å². The number of amides is 1. The molecule has 23 heavy (non-hydrogen) atoms. The van der Waals surface area contributed by atoms with E-state index in [9.17, 15) is 20.1 Å². The van der Waals surface area contributed by atoms with Crippen LogP contribution in [0, 0.1) is 15.3 Å². The lowest BCUT2D eigenvalue weighted by Gasteiger charge is -2.22. The molecule has 0 aliphatic heterocycles. The normalized spacial score (nSPS) is 11.6. The first-order valence-electron chi connectivity index (χ1n) is 6.70. The van der Waals surface area contributed by atoms with Crippen molar-refractivity contribution in [2.75, 3.05) is 5.23 Å². The van der Waals surface area contributed by atoms with E-state index in [1.165, 1.54) is 0 Å². The van der Waals surface area contributed by atoms with Crippen LogP contribution in [0.25, 0.3) is 0 Å².